The van der Waals surface area contributed by atoms with Crippen LogP contribution in [-0.2, 0) is 16.1 Å². The summed E-state index contributed by atoms with van der Waals surface area (Å²) in [5.74, 6) is -0.580. The molecule has 0 saturated heterocycles. The van der Waals surface area contributed by atoms with Gasteiger partial charge >= 0.3 is 0 Å². The van der Waals surface area contributed by atoms with Gasteiger partial charge in [-0.05, 0) is 56.2 Å². The predicted molar refractivity (Wildman–Crippen MR) is 122 cm³/mol. The molecule has 5 nitrogen and oxygen atoms in total. The van der Waals surface area contributed by atoms with Gasteiger partial charge in [-0.15, -0.1) is 0 Å². The quantitative estimate of drug-likeness (QED) is 0.560. The van der Waals surface area contributed by atoms with Gasteiger partial charge in [0.2, 0.25) is 0 Å². The maximum absolute atomic E-state index is 13.6. The molecule has 0 atom stereocenters. The van der Waals surface area contributed by atoms with Crippen LogP contribution < -0.4 is 4.90 Å². The van der Waals surface area contributed by atoms with Gasteiger partial charge < -0.3 is 4.90 Å². The second kappa shape index (κ2) is 8.56. The molecular weight excluding hydrogens is 386 g/mol. The molecule has 2 heterocycles. The van der Waals surface area contributed by atoms with Crippen molar-refractivity contribution in [2.24, 2.45) is 0 Å². The molecule has 0 fully saturated rings. The zero-order valence-corrected chi connectivity index (χ0v) is 18.0. The van der Waals surface area contributed by atoms with Crippen LogP contribution in [0.1, 0.15) is 29.3 Å². The first-order valence-corrected chi connectivity index (χ1v) is 10.4. The Hall–Kier alpha value is -3.73. The first kappa shape index (κ1) is 20.5. The fourth-order valence-corrected chi connectivity index (χ4v) is 4.03. The van der Waals surface area contributed by atoms with Crippen molar-refractivity contribution in [2.75, 3.05) is 11.4 Å². The maximum atomic E-state index is 13.6. The van der Waals surface area contributed by atoms with Gasteiger partial charge in [-0.2, -0.15) is 0 Å². The molecule has 2 amide bonds. The number of likely N-dealkylation sites (N-methyl/N-ethyl adjacent to an activating group) is 1. The zero-order valence-electron chi connectivity index (χ0n) is 18.0. The van der Waals surface area contributed by atoms with Crippen molar-refractivity contribution in [2.45, 2.75) is 27.3 Å². The number of amides is 2. The molecule has 0 N–H and O–H groups in total. The van der Waals surface area contributed by atoms with E-state index in [4.69, 9.17) is 0 Å². The lowest BCUT2D eigenvalue weighted by Gasteiger charge is -2.25. The van der Waals surface area contributed by atoms with Crippen LogP contribution >= 0.6 is 0 Å². The van der Waals surface area contributed by atoms with Gasteiger partial charge in [0.15, 0.2) is 0 Å². The topological polar surface area (TPSA) is 53.5 Å². The fourth-order valence-electron chi connectivity index (χ4n) is 4.03. The van der Waals surface area contributed by atoms with Gasteiger partial charge in [-0.25, -0.2) is 0 Å². The number of carbonyl (C=O) groups is 2. The second-order valence-electron chi connectivity index (χ2n) is 7.64. The smallest absolute Gasteiger partial charge is 0.278 e. The molecule has 0 spiro atoms. The zero-order chi connectivity index (χ0) is 22.0. The Morgan fingerprint density at radius 3 is 2.29 bits per heavy atom. The van der Waals surface area contributed by atoms with Crippen LogP contribution in [0, 0.1) is 13.8 Å². The van der Waals surface area contributed by atoms with Crippen LogP contribution in [0.3, 0.4) is 0 Å². The molecule has 0 saturated carbocycles. The summed E-state index contributed by atoms with van der Waals surface area (Å²) in [4.78, 5) is 34.8. The molecular formula is C26H25N3O2. The minimum Gasteiger partial charge on any atom is -0.337 e. The second-order valence-corrected chi connectivity index (χ2v) is 7.64. The van der Waals surface area contributed by atoms with Crippen LogP contribution in [0.4, 0.5) is 5.69 Å². The van der Waals surface area contributed by atoms with Crippen molar-refractivity contribution >= 4 is 23.1 Å². The monoisotopic (exact) mass is 411 g/mol. The van der Waals surface area contributed by atoms with Gasteiger partial charge in [-0.3, -0.25) is 19.5 Å². The number of carbonyl (C=O) groups excluding carboxylic acids is 2. The van der Waals surface area contributed by atoms with E-state index in [1.54, 1.807) is 6.20 Å². The number of nitrogens with zero attached hydrogens (tertiary/aromatic N) is 3. The third-order valence-corrected chi connectivity index (χ3v) is 5.50. The van der Waals surface area contributed by atoms with E-state index < -0.39 is 0 Å². The first-order valence-electron chi connectivity index (χ1n) is 10.4. The Balaban J connectivity index is 1.86. The highest BCUT2D eigenvalue weighted by molar-refractivity contribution is 6.36. The Morgan fingerprint density at radius 1 is 0.903 bits per heavy atom. The van der Waals surface area contributed by atoms with Crippen molar-refractivity contribution in [1.29, 1.82) is 0 Å². The van der Waals surface area contributed by atoms with Crippen molar-refractivity contribution in [3.63, 3.8) is 0 Å². The number of hydrogen-bond acceptors (Lipinski definition) is 4. The van der Waals surface area contributed by atoms with Gasteiger partial charge in [0.25, 0.3) is 11.8 Å². The summed E-state index contributed by atoms with van der Waals surface area (Å²) in [6.45, 7) is 6.68. The highest BCUT2D eigenvalue weighted by Crippen LogP contribution is 2.36. The molecule has 1 aliphatic rings. The lowest BCUT2D eigenvalue weighted by Crippen LogP contribution is -2.35. The molecule has 1 aliphatic heterocycles. The minimum absolute atomic E-state index is 0.142. The SMILES string of the molecule is CCN(C1=C(c2ccc(C)cc2C)C(=O)N(Cc2ccccn2)C1=O)c1ccccc1. The lowest BCUT2D eigenvalue weighted by molar-refractivity contribution is -0.137. The van der Waals surface area contributed by atoms with E-state index in [9.17, 15) is 9.59 Å². The number of para-hydroxylation sites is 1. The van der Waals surface area contributed by atoms with E-state index in [0.717, 1.165) is 22.4 Å². The van der Waals surface area contributed by atoms with E-state index in [2.05, 4.69) is 4.98 Å². The minimum atomic E-state index is -0.295. The van der Waals surface area contributed by atoms with Gasteiger partial charge in [0.1, 0.15) is 5.70 Å². The number of anilines is 1. The van der Waals surface area contributed by atoms with Crippen molar-refractivity contribution < 1.29 is 9.59 Å². The van der Waals surface area contributed by atoms with Gasteiger partial charge in [0, 0.05) is 18.4 Å². The molecule has 0 aliphatic carbocycles. The number of pyridine rings is 1. The molecule has 4 rings (SSSR count). The summed E-state index contributed by atoms with van der Waals surface area (Å²) >= 11 is 0. The van der Waals surface area contributed by atoms with Crippen LogP contribution in [0.5, 0.6) is 0 Å². The summed E-state index contributed by atoms with van der Waals surface area (Å²) in [5, 5.41) is 0. The molecule has 0 bridgehead atoms. The fraction of sp³-hybridized carbons (Fsp3) is 0.192. The number of hydrogen-bond donors (Lipinski definition) is 0. The number of rotatable bonds is 6. The third-order valence-electron chi connectivity index (χ3n) is 5.50. The van der Waals surface area contributed by atoms with E-state index in [1.165, 1.54) is 4.90 Å². The van der Waals surface area contributed by atoms with Crippen molar-refractivity contribution in [3.05, 3.63) is 101 Å². The molecule has 2 aromatic carbocycles. The summed E-state index contributed by atoms with van der Waals surface area (Å²) in [5.41, 5.74) is 5.29. The molecule has 5 heteroatoms. The number of aryl methyl sites for hydroxylation is 2. The summed E-state index contributed by atoms with van der Waals surface area (Å²) in [6, 6.07) is 21.2. The first-order chi connectivity index (χ1) is 15.0. The van der Waals surface area contributed by atoms with Crippen LogP contribution in [0.15, 0.2) is 78.6 Å². The van der Waals surface area contributed by atoms with E-state index in [-0.39, 0.29) is 18.4 Å². The highest BCUT2D eigenvalue weighted by Gasteiger charge is 2.42. The Morgan fingerprint density at radius 2 is 1.65 bits per heavy atom. The normalized spacial score (nSPS) is 13.8. The predicted octanol–water partition coefficient (Wildman–Crippen LogP) is 4.51. The standard InChI is InChI=1S/C26H25N3O2/c1-4-28(21-11-6-5-7-12-21)24-23(22-14-13-18(2)16-19(22)3)25(30)29(26(24)31)17-20-10-8-9-15-27-20/h5-16H,4,17H2,1-3H3. The Kier molecular flexibility index (Phi) is 5.67. The number of aromatic nitrogens is 1. The molecule has 0 unspecified atom stereocenters. The summed E-state index contributed by atoms with van der Waals surface area (Å²) in [7, 11) is 0. The molecule has 3 aromatic rings. The highest BCUT2D eigenvalue weighted by atomic mass is 16.2. The van der Waals surface area contributed by atoms with Gasteiger partial charge in [-0.1, -0.05) is 48.0 Å². The van der Waals surface area contributed by atoms with E-state index in [1.807, 2.05) is 92.4 Å². The van der Waals surface area contributed by atoms with E-state index in [0.29, 0.717) is 23.5 Å². The summed E-state index contributed by atoms with van der Waals surface area (Å²) < 4.78 is 0. The average molecular weight is 412 g/mol. The van der Waals surface area contributed by atoms with Crippen molar-refractivity contribution in [1.82, 2.24) is 9.88 Å². The largest absolute Gasteiger partial charge is 0.337 e. The third kappa shape index (κ3) is 3.87. The van der Waals surface area contributed by atoms with Gasteiger partial charge in [0.05, 0.1) is 17.8 Å². The van der Waals surface area contributed by atoms with Crippen LogP contribution in [-0.4, -0.2) is 28.2 Å². The molecule has 156 valence electrons. The lowest BCUT2D eigenvalue weighted by atomic mass is 9.97. The summed E-state index contributed by atoms with van der Waals surface area (Å²) in [6.07, 6.45) is 1.67. The number of benzene rings is 2. The average Bonchev–Trinajstić information content (AvgIpc) is 3.01. The molecule has 0 radical (unpaired) electrons. The maximum Gasteiger partial charge on any atom is 0.278 e. The van der Waals surface area contributed by atoms with Crippen LogP contribution in [0.2, 0.25) is 0 Å². The van der Waals surface area contributed by atoms with Crippen molar-refractivity contribution in [3.8, 4) is 0 Å². The number of imide groups is 1. The Labute approximate surface area is 182 Å². The molecule has 1 aromatic heterocycles. The molecule has 31 heavy (non-hydrogen) atoms. The Bertz CT molecular complexity index is 1150. The van der Waals surface area contributed by atoms with E-state index >= 15 is 0 Å². The van der Waals surface area contributed by atoms with Crippen LogP contribution in [0.25, 0.3) is 5.57 Å².